The number of nitrogens with zero attached hydrogens (tertiary/aromatic N) is 1. The third kappa shape index (κ3) is 1.71. The molecule has 2 heterocycles. The number of hydrogen-bond acceptors (Lipinski definition) is 4. The van der Waals surface area contributed by atoms with Crippen LogP contribution in [0.3, 0.4) is 0 Å². The van der Waals surface area contributed by atoms with Crippen LogP contribution >= 0.6 is 38.6 Å². The van der Waals surface area contributed by atoms with E-state index in [-0.39, 0.29) is 0 Å². The smallest absolute Gasteiger partial charge is 0.180 e. The molecule has 74 valence electrons. The third-order valence-electron chi connectivity index (χ3n) is 1.96. The molecule has 2 aromatic heterocycles. The second kappa shape index (κ2) is 3.64. The second-order valence-corrected chi connectivity index (χ2v) is 6.85. The summed E-state index contributed by atoms with van der Waals surface area (Å²) >= 11 is 6.74. The first kappa shape index (κ1) is 10.1. The lowest BCUT2D eigenvalue weighted by atomic mass is 10.2. The highest BCUT2D eigenvalue weighted by Crippen LogP contribution is 2.37. The van der Waals surface area contributed by atoms with E-state index in [2.05, 4.69) is 33.9 Å². The van der Waals surface area contributed by atoms with Gasteiger partial charge in [0.25, 0.3) is 0 Å². The van der Waals surface area contributed by atoms with Gasteiger partial charge >= 0.3 is 0 Å². The molecule has 0 amide bonds. The zero-order valence-corrected chi connectivity index (χ0v) is 11.0. The molecule has 0 bridgehead atoms. The lowest BCUT2D eigenvalue weighted by Crippen LogP contribution is -1.83. The Bertz CT molecular complexity index is 429. The molecule has 0 aromatic carbocycles. The van der Waals surface area contributed by atoms with Gasteiger partial charge in [-0.25, -0.2) is 4.98 Å². The molecule has 14 heavy (non-hydrogen) atoms. The molecular formula is C9H9BrN2S2. The van der Waals surface area contributed by atoms with Gasteiger partial charge in [-0.15, -0.1) is 22.7 Å². The van der Waals surface area contributed by atoms with Crippen LogP contribution < -0.4 is 5.73 Å². The normalized spacial score (nSPS) is 10.8. The Morgan fingerprint density at radius 2 is 2.00 bits per heavy atom. The number of nitrogens with two attached hydrogens (primary N) is 1. The zero-order chi connectivity index (χ0) is 10.3. The van der Waals surface area contributed by atoms with Crippen LogP contribution in [0.2, 0.25) is 0 Å². The molecule has 0 aliphatic heterocycles. The summed E-state index contributed by atoms with van der Waals surface area (Å²) in [4.78, 5) is 6.78. The highest BCUT2D eigenvalue weighted by atomic mass is 79.9. The topological polar surface area (TPSA) is 38.9 Å². The molecule has 0 saturated heterocycles. The Kier molecular flexibility index (Phi) is 2.64. The predicted octanol–water partition coefficient (Wildman–Crippen LogP) is 3.83. The van der Waals surface area contributed by atoms with Crippen LogP contribution in [0.5, 0.6) is 0 Å². The molecule has 2 aromatic rings. The number of rotatable bonds is 1. The first-order valence-corrected chi connectivity index (χ1v) is 6.49. The van der Waals surface area contributed by atoms with Crippen molar-refractivity contribution in [1.29, 1.82) is 0 Å². The molecule has 0 fully saturated rings. The van der Waals surface area contributed by atoms with E-state index in [0.29, 0.717) is 5.13 Å². The quantitative estimate of drug-likeness (QED) is 0.866. The van der Waals surface area contributed by atoms with E-state index in [1.807, 2.05) is 6.92 Å². The Balaban J connectivity index is 2.59. The van der Waals surface area contributed by atoms with E-state index < -0.39 is 0 Å². The van der Waals surface area contributed by atoms with Crippen molar-refractivity contribution in [3.63, 3.8) is 0 Å². The summed E-state index contributed by atoms with van der Waals surface area (Å²) in [6.45, 7) is 4.15. The van der Waals surface area contributed by atoms with Crippen LogP contribution in [0.1, 0.15) is 9.75 Å². The fourth-order valence-corrected chi connectivity index (χ4v) is 3.74. The standard InChI is InChI=1S/C9H9BrN2S2/c1-4-6(3-7(10)13-4)8-5(2)14-9(11)12-8/h3H,1-2H3,(H2,11,12). The number of nitrogen functional groups attached to an aromatic ring is 1. The number of hydrogen-bond donors (Lipinski definition) is 1. The summed E-state index contributed by atoms with van der Waals surface area (Å²) in [5, 5.41) is 0.638. The van der Waals surface area contributed by atoms with Crippen molar-refractivity contribution in [3.05, 3.63) is 19.6 Å². The van der Waals surface area contributed by atoms with Gasteiger partial charge in [0.1, 0.15) is 0 Å². The minimum Gasteiger partial charge on any atom is -0.375 e. The van der Waals surface area contributed by atoms with Gasteiger partial charge in [0.2, 0.25) is 0 Å². The average Bonchev–Trinajstić information content (AvgIpc) is 2.55. The SMILES string of the molecule is Cc1sc(Br)cc1-c1nc(N)sc1C. The third-order valence-corrected chi connectivity index (χ3v) is 4.31. The molecule has 0 saturated carbocycles. The van der Waals surface area contributed by atoms with Crippen molar-refractivity contribution in [2.24, 2.45) is 0 Å². The monoisotopic (exact) mass is 288 g/mol. The van der Waals surface area contributed by atoms with Crippen molar-refractivity contribution in [2.45, 2.75) is 13.8 Å². The minimum absolute atomic E-state index is 0.638. The number of aryl methyl sites for hydroxylation is 2. The molecule has 0 aliphatic carbocycles. The number of anilines is 1. The molecule has 0 spiro atoms. The van der Waals surface area contributed by atoms with Gasteiger partial charge in [-0.1, -0.05) is 0 Å². The number of thiazole rings is 1. The van der Waals surface area contributed by atoms with Crippen molar-refractivity contribution in [3.8, 4) is 11.3 Å². The van der Waals surface area contributed by atoms with Gasteiger partial charge < -0.3 is 5.73 Å². The number of halogens is 1. The number of aromatic nitrogens is 1. The molecular weight excluding hydrogens is 280 g/mol. The fourth-order valence-electron chi connectivity index (χ4n) is 1.35. The first-order valence-electron chi connectivity index (χ1n) is 4.07. The van der Waals surface area contributed by atoms with Gasteiger partial charge in [-0.05, 0) is 35.8 Å². The van der Waals surface area contributed by atoms with E-state index >= 15 is 0 Å². The predicted molar refractivity (Wildman–Crippen MR) is 67.0 cm³/mol. The molecule has 2 N–H and O–H groups in total. The molecule has 0 radical (unpaired) electrons. The van der Waals surface area contributed by atoms with Crippen LogP contribution in [0.15, 0.2) is 9.85 Å². The summed E-state index contributed by atoms with van der Waals surface area (Å²) in [5.74, 6) is 0. The Hall–Kier alpha value is -0.390. The van der Waals surface area contributed by atoms with Gasteiger partial charge in [0.15, 0.2) is 5.13 Å². The van der Waals surface area contributed by atoms with Gasteiger partial charge in [-0.3, -0.25) is 0 Å². The van der Waals surface area contributed by atoms with Gasteiger partial charge in [-0.2, -0.15) is 0 Å². The molecule has 5 heteroatoms. The van der Waals surface area contributed by atoms with Crippen molar-refractivity contribution in [2.75, 3.05) is 5.73 Å². The Morgan fingerprint density at radius 3 is 2.43 bits per heavy atom. The maximum atomic E-state index is 5.67. The molecule has 2 rings (SSSR count). The molecule has 2 nitrogen and oxygen atoms in total. The van der Waals surface area contributed by atoms with Crippen LogP contribution in [0, 0.1) is 13.8 Å². The van der Waals surface area contributed by atoms with Crippen molar-refractivity contribution >= 4 is 43.7 Å². The minimum atomic E-state index is 0.638. The maximum absolute atomic E-state index is 5.67. The molecule has 0 atom stereocenters. The van der Waals surface area contributed by atoms with Crippen molar-refractivity contribution < 1.29 is 0 Å². The van der Waals surface area contributed by atoms with Crippen LogP contribution in [-0.4, -0.2) is 4.98 Å². The summed E-state index contributed by atoms with van der Waals surface area (Å²) in [7, 11) is 0. The van der Waals surface area contributed by atoms with Crippen LogP contribution in [-0.2, 0) is 0 Å². The van der Waals surface area contributed by atoms with E-state index in [1.54, 1.807) is 11.3 Å². The van der Waals surface area contributed by atoms with E-state index in [9.17, 15) is 0 Å². The average molecular weight is 289 g/mol. The maximum Gasteiger partial charge on any atom is 0.180 e. The first-order chi connectivity index (χ1) is 6.58. The van der Waals surface area contributed by atoms with E-state index in [4.69, 9.17) is 5.73 Å². The highest BCUT2D eigenvalue weighted by molar-refractivity contribution is 9.11. The van der Waals surface area contributed by atoms with Crippen LogP contribution in [0.4, 0.5) is 5.13 Å². The summed E-state index contributed by atoms with van der Waals surface area (Å²) in [6, 6.07) is 2.10. The Morgan fingerprint density at radius 1 is 1.29 bits per heavy atom. The van der Waals surface area contributed by atoms with Crippen LogP contribution in [0.25, 0.3) is 11.3 Å². The fraction of sp³-hybridized carbons (Fsp3) is 0.222. The van der Waals surface area contributed by atoms with E-state index in [1.165, 1.54) is 26.7 Å². The highest BCUT2D eigenvalue weighted by Gasteiger charge is 2.12. The second-order valence-electron chi connectivity index (χ2n) is 2.98. The lowest BCUT2D eigenvalue weighted by molar-refractivity contribution is 1.37. The summed E-state index contributed by atoms with van der Waals surface area (Å²) < 4.78 is 1.14. The molecule has 0 aliphatic rings. The summed E-state index contributed by atoms with van der Waals surface area (Å²) in [5.41, 5.74) is 7.88. The van der Waals surface area contributed by atoms with Gasteiger partial charge in [0.05, 0.1) is 9.48 Å². The van der Waals surface area contributed by atoms with Gasteiger partial charge in [0, 0.05) is 15.3 Å². The van der Waals surface area contributed by atoms with E-state index in [0.717, 1.165) is 9.48 Å². The number of thiophene rings is 1. The zero-order valence-electron chi connectivity index (χ0n) is 7.80. The van der Waals surface area contributed by atoms with Crippen molar-refractivity contribution in [1.82, 2.24) is 4.98 Å². The largest absolute Gasteiger partial charge is 0.375 e. The molecule has 0 unspecified atom stereocenters. The Labute approximate surface area is 98.9 Å². The summed E-state index contributed by atoms with van der Waals surface area (Å²) in [6.07, 6.45) is 0. The lowest BCUT2D eigenvalue weighted by Gasteiger charge is -1.94.